The molecule has 0 spiro atoms. The van der Waals surface area contributed by atoms with Crippen molar-refractivity contribution in [2.24, 2.45) is 0 Å². The van der Waals surface area contributed by atoms with Crippen LogP contribution in [0.4, 0.5) is 0 Å². The number of rotatable bonds is 8. The Morgan fingerprint density at radius 2 is 0.871 bits per heavy atom. The molecule has 0 heterocycles. The molecule has 2 rings (SSSR count). The second-order valence-electron chi connectivity index (χ2n) is 12.0. The van der Waals surface area contributed by atoms with Gasteiger partial charge in [-0.25, -0.2) is 0 Å². The van der Waals surface area contributed by atoms with Gasteiger partial charge in [-0.3, -0.25) is 0 Å². The molecule has 174 valence electrons. The van der Waals surface area contributed by atoms with E-state index in [1.165, 1.54) is 0 Å². The summed E-state index contributed by atoms with van der Waals surface area (Å²) in [4.78, 5) is 0. The molecule has 0 nitrogen and oxygen atoms in total. The second kappa shape index (κ2) is 9.55. The van der Waals surface area contributed by atoms with E-state index in [0.717, 1.165) is 33.2 Å². The highest BCUT2D eigenvalue weighted by Gasteiger charge is 2.49. The van der Waals surface area contributed by atoms with Crippen molar-refractivity contribution in [3.63, 3.8) is 0 Å². The van der Waals surface area contributed by atoms with Crippen LogP contribution in [0.3, 0.4) is 0 Å². The SMILES string of the molecule is Cc1cc([Si](C(C)C)(C(C)C)C(C)C)c2ccccc2c1[Si](C(C)C)(C(C)C)C(C)C. The van der Waals surface area contributed by atoms with Crippen LogP contribution in [0.15, 0.2) is 30.3 Å². The van der Waals surface area contributed by atoms with E-state index in [-0.39, 0.29) is 0 Å². The summed E-state index contributed by atoms with van der Waals surface area (Å²) in [6.07, 6.45) is 0. The molecule has 2 aromatic carbocycles. The Balaban J connectivity index is 3.13. The molecule has 0 aromatic heterocycles. The minimum absolute atomic E-state index is 0.725. The molecule has 0 fully saturated rings. The molecule has 0 aliphatic rings. The zero-order chi connectivity index (χ0) is 23.9. The lowest BCUT2D eigenvalue weighted by atomic mass is 10.1. The van der Waals surface area contributed by atoms with Crippen molar-refractivity contribution in [3.8, 4) is 0 Å². The number of benzene rings is 2. The van der Waals surface area contributed by atoms with Crippen LogP contribution in [0.1, 0.15) is 88.6 Å². The normalized spacial score (nSPS) is 13.8. The van der Waals surface area contributed by atoms with Gasteiger partial charge in [0, 0.05) is 0 Å². The van der Waals surface area contributed by atoms with Gasteiger partial charge in [-0.1, -0.05) is 124 Å². The van der Waals surface area contributed by atoms with Gasteiger partial charge in [0.15, 0.2) is 0 Å². The number of hydrogen-bond donors (Lipinski definition) is 0. The van der Waals surface area contributed by atoms with Crippen molar-refractivity contribution in [1.82, 2.24) is 0 Å². The summed E-state index contributed by atoms with van der Waals surface area (Å²) in [5.41, 5.74) is 5.93. The van der Waals surface area contributed by atoms with E-state index in [4.69, 9.17) is 0 Å². The summed E-state index contributed by atoms with van der Waals surface area (Å²) in [5, 5.41) is 6.64. The molecule has 0 amide bonds. The first-order chi connectivity index (χ1) is 14.3. The Kier molecular flexibility index (Phi) is 8.13. The standard InChI is InChI=1S/C29H50Si2/c1-19(2)30(20(3)4,21(5)6)28-18-25(13)29(27-17-15-14-16-26(27)28)31(22(7)8,23(9)10)24(11)12/h14-24H,1-13H3. The van der Waals surface area contributed by atoms with Crippen molar-refractivity contribution >= 4 is 37.3 Å². The van der Waals surface area contributed by atoms with Gasteiger partial charge in [-0.2, -0.15) is 0 Å². The summed E-state index contributed by atoms with van der Waals surface area (Å²) in [6, 6.07) is 12.2. The summed E-state index contributed by atoms with van der Waals surface area (Å²) < 4.78 is 0. The molecular weight excluding hydrogens is 404 g/mol. The first-order valence-electron chi connectivity index (χ1n) is 12.8. The zero-order valence-corrected chi connectivity index (χ0v) is 24.9. The fourth-order valence-corrected chi connectivity index (χ4v) is 22.4. The molecule has 0 saturated carbocycles. The second-order valence-corrected chi connectivity index (χ2v) is 23.7. The highest BCUT2D eigenvalue weighted by atomic mass is 28.3. The van der Waals surface area contributed by atoms with Gasteiger partial charge < -0.3 is 0 Å². The zero-order valence-electron chi connectivity index (χ0n) is 22.9. The van der Waals surface area contributed by atoms with Crippen molar-refractivity contribution in [2.75, 3.05) is 0 Å². The molecule has 0 N–H and O–H groups in total. The van der Waals surface area contributed by atoms with E-state index in [1.807, 2.05) is 0 Å². The van der Waals surface area contributed by atoms with Crippen LogP contribution in [0.25, 0.3) is 10.8 Å². The van der Waals surface area contributed by atoms with Crippen LogP contribution in [0.2, 0.25) is 33.2 Å². The average Bonchev–Trinajstić information content (AvgIpc) is 2.63. The molecule has 0 atom stereocenters. The minimum Gasteiger partial charge on any atom is -0.0648 e. The van der Waals surface area contributed by atoms with Gasteiger partial charge in [0.25, 0.3) is 0 Å². The van der Waals surface area contributed by atoms with Crippen LogP contribution in [-0.2, 0) is 0 Å². The third-order valence-corrected chi connectivity index (χ3v) is 23.2. The maximum absolute atomic E-state index is 2.69. The van der Waals surface area contributed by atoms with Crippen LogP contribution < -0.4 is 10.4 Å². The fraction of sp³-hybridized carbons (Fsp3) is 0.655. The van der Waals surface area contributed by atoms with Crippen molar-refractivity contribution in [3.05, 3.63) is 35.9 Å². The molecule has 2 heteroatoms. The highest BCUT2D eigenvalue weighted by Crippen LogP contribution is 2.45. The lowest BCUT2D eigenvalue weighted by molar-refractivity contribution is 0.833. The Labute approximate surface area is 196 Å². The van der Waals surface area contributed by atoms with Crippen LogP contribution >= 0.6 is 0 Å². The van der Waals surface area contributed by atoms with E-state index in [0.29, 0.717) is 0 Å². The molecule has 0 saturated heterocycles. The maximum atomic E-state index is 2.69. The van der Waals surface area contributed by atoms with Gasteiger partial charge in [0.05, 0.1) is 16.1 Å². The lowest BCUT2D eigenvalue weighted by Gasteiger charge is -2.47. The van der Waals surface area contributed by atoms with Gasteiger partial charge in [-0.05, 0) is 56.1 Å². The Morgan fingerprint density at radius 1 is 0.516 bits per heavy atom. The van der Waals surface area contributed by atoms with Crippen LogP contribution in [0.5, 0.6) is 0 Å². The third-order valence-electron chi connectivity index (χ3n) is 8.87. The highest BCUT2D eigenvalue weighted by molar-refractivity contribution is 6.99. The van der Waals surface area contributed by atoms with Crippen molar-refractivity contribution in [1.29, 1.82) is 0 Å². The predicted molar refractivity (Wildman–Crippen MR) is 150 cm³/mol. The number of aryl methyl sites for hydroxylation is 1. The van der Waals surface area contributed by atoms with Crippen LogP contribution in [-0.4, -0.2) is 16.1 Å². The molecule has 0 bridgehead atoms. The summed E-state index contributed by atoms with van der Waals surface area (Å²) in [6.45, 7) is 32.5. The van der Waals surface area contributed by atoms with E-state index in [2.05, 4.69) is 120 Å². The van der Waals surface area contributed by atoms with Crippen molar-refractivity contribution < 1.29 is 0 Å². The quantitative estimate of drug-likeness (QED) is 0.349. The van der Waals surface area contributed by atoms with E-state index in [9.17, 15) is 0 Å². The first kappa shape index (κ1) is 26.4. The third kappa shape index (κ3) is 3.90. The van der Waals surface area contributed by atoms with E-state index in [1.54, 1.807) is 26.7 Å². The monoisotopic (exact) mass is 454 g/mol. The fourth-order valence-electron chi connectivity index (χ4n) is 8.25. The predicted octanol–water partition coefficient (Wildman–Crippen LogP) is 8.92. The molecule has 0 radical (unpaired) electrons. The summed E-state index contributed by atoms with van der Waals surface area (Å²) in [7, 11) is -3.51. The van der Waals surface area contributed by atoms with E-state index >= 15 is 0 Å². The minimum atomic E-state index is -1.76. The summed E-state index contributed by atoms with van der Waals surface area (Å²) >= 11 is 0. The maximum Gasteiger partial charge on any atom is 0.0954 e. The smallest absolute Gasteiger partial charge is 0.0648 e. The van der Waals surface area contributed by atoms with Crippen molar-refractivity contribution in [2.45, 2.75) is 123 Å². The Bertz CT molecular complexity index is 843. The molecule has 0 aliphatic heterocycles. The number of hydrogen-bond acceptors (Lipinski definition) is 0. The molecule has 0 aliphatic carbocycles. The Hall–Kier alpha value is -0.866. The van der Waals surface area contributed by atoms with Crippen LogP contribution in [0, 0.1) is 6.92 Å². The first-order valence-corrected chi connectivity index (χ1v) is 17.3. The van der Waals surface area contributed by atoms with Gasteiger partial charge >= 0.3 is 0 Å². The molecule has 2 aromatic rings. The molecular formula is C29H50Si2. The average molecular weight is 455 g/mol. The largest absolute Gasteiger partial charge is 0.0954 e. The Morgan fingerprint density at radius 3 is 1.23 bits per heavy atom. The van der Waals surface area contributed by atoms with Gasteiger partial charge in [0.1, 0.15) is 0 Å². The van der Waals surface area contributed by atoms with E-state index < -0.39 is 16.1 Å². The van der Waals surface area contributed by atoms with Gasteiger partial charge in [-0.15, -0.1) is 0 Å². The lowest BCUT2D eigenvalue weighted by Crippen LogP contribution is -2.59. The van der Waals surface area contributed by atoms with Gasteiger partial charge in [0.2, 0.25) is 0 Å². The number of fused-ring (bicyclic) bond motifs is 1. The summed E-state index contributed by atoms with van der Waals surface area (Å²) in [5.74, 6) is 0. The molecule has 31 heavy (non-hydrogen) atoms. The molecule has 0 unspecified atom stereocenters. The topological polar surface area (TPSA) is 0 Å².